The summed E-state index contributed by atoms with van der Waals surface area (Å²) in [5, 5.41) is 12.9. The van der Waals surface area contributed by atoms with Crippen molar-refractivity contribution in [3.8, 4) is 0 Å². The van der Waals surface area contributed by atoms with E-state index in [4.69, 9.17) is 4.74 Å². The first-order chi connectivity index (χ1) is 7.87. The van der Waals surface area contributed by atoms with Crippen molar-refractivity contribution >= 4 is 0 Å². The molecule has 0 aromatic carbocycles. The Hall–Kier alpha value is -0.120. The molecule has 4 atom stereocenters. The Morgan fingerprint density at radius 2 is 2.06 bits per heavy atom. The Balaban J connectivity index is 2.26. The normalized spacial score (nSPS) is 30.7. The van der Waals surface area contributed by atoms with Gasteiger partial charge in [-0.25, -0.2) is 0 Å². The lowest BCUT2D eigenvalue weighted by molar-refractivity contribution is -0.114. The number of aliphatic hydroxyl groups is 1. The maximum Gasteiger partial charge on any atom is 0.0655 e. The highest BCUT2D eigenvalue weighted by molar-refractivity contribution is 5.02. The number of aliphatic hydroxyl groups excluding tert-OH is 1. The van der Waals surface area contributed by atoms with Crippen LogP contribution in [0, 0.1) is 11.3 Å². The van der Waals surface area contributed by atoms with E-state index in [1.165, 1.54) is 0 Å². The van der Waals surface area contributed by atoms with Crippen molar-refractivity contribution in [3.63, 3.8) is 0 Å². The Bertz CT molecular complexity index is 228. The molecule has 0 aliphatic heterocycles. The highest BCUT2D eigenvalue weighted by Crippen LogP contribution is 2.42. The molecule has 102 valence electrons. The van der Waals surface area contributed by atoms with Crippen molar-refractivity contribution in [1.29, 1.82) is 0 Å². The summed E-state index contributed by atoms with van der Waals surface area (Å²) in [6, 6.07) is 0.551. The second-order valence-corrected chi connectivity index (χ2v) is 6.15. The molecule has 3 heteroatoms. The van der Waals surface area contributed by atoms with Crippen molar-refractivity contribution in [2.45, 2.75) is 65.7 Å². The van der Waals surface area contributed by atoms with E-state index in [2.05, 4.69) is 33.0 Å². The van der Waals surface area contributed by atoms with Gasteiger partial charge in [0.05, 0.1) is 12.2 Å². The summed E-state index contributed by atoms with van der Waals surface area (Å²) in [6.07, 6.45) is 2.19. The second-order valence-electron chi connectivity index (χ2n) is 6.15. The molecule has 1 aliphatic carbocycles. The van der Waals surface area contributed by atoms with E-state index in [0.717, 1.165) is 26.0 Å². The predicted octanol–water partition coefficient (Wildman–Crippen LogP) is 2.19. The third-order valence-corrected chi connectivity index (χ3v) is 4.00. The molecule has 0 heterocycles. The molecule has 1 aliphatic rings. The van der Waals surface area contributed by atoms with Crippen LogP contribution in [0.4, 0.5) is 0 Å². The molecule has 0 spiro atoms. The van der Waals surface area contributed by atoms with Crippen LogP contribution >= 0.6 is 0 Å². The molecular formula is C14H29NO2. The molecular weight excluding hydrogens is 214 g/mol. The van der Waals surface area contributed by atoms with Crippen LogP contribution in [-0.4, -0.2) is 36.5 Å². The summed E-state index contributed by atoms with van der Waals surface area (Å²) in [7, 11) is 0. The summed E-state index contributed by atoms with van der Waals surface area (Å²) < 4.78 is 5.71. The maximum atomic E-state index is 9.33. The van der Waals surface area contributed by atoms with Gasteiger partial charge in [-0.1, -0.05) is 20.8 Å². The Kier molecular flexibility index (Phi) is 5.42. The Morgan fingerprint density at radius 1 is 1.41 bits per heavy atom. The average molecular weight is 243 g/mol. The van der Waals surface area contributed by atoms with Crippen LogP contribution in [0.5, 0.6) is 0 Å². The highest BCUT2D eigenvalue weighted by Gasteiger charge is 2.48. The smallest absolute Gasteiger partial charge is 0.0655 e. The van der Waals surface area contributed by atoms with Crippen LogP contribution in [0.1, 0.15) is 47.5 Å². The van der Waals surface area contributed by atoms with Gasteiger partial charge in [0, 0.05) is 18.1 Å². The molecule has 0 radical (unpaired) electrons. The van der Waals surface area contributed by atoms with Crippen LogP contribution in [0.3, 0.4) is 0 Å². The standard InChI is InChI=1S/C14H29NO2/c1-6-17-13-8-12(14(13,4)5)15-9-10(2)7-11(3)16/h10-13,15-16H,6-9H2,1-5H3. The van der Waals surface area contributed by atoms with Crippen molar-refractivity contribution in [2.24, 2.45) is 11.3 Å². The van der Waals surface area contributed by atoms with E-state index in [9.17, 15) is 5.11 Å². The molecule has 1 rings (SSSR count). The second kappa shape index (κ2) is 6.17. The first kappa shape index (κ1) is 14.9. The number of rotatable bonds is 7. The summed E-state index contributed by atoms with van der Waals surface area (Å²) >= 11 is 0. The summed E-state index contributed by atoms with van der Waals surface area (Å²) in [5.74, 6) is 0.525. The van der Waals surface area contributed by atoms with Crippen molar-refractivity contribution in [1.82, 2.24) is 5.32 Å². The van der Waals surface area contributed by atoms with Gasteiger partial charge in [0.25, 0.3) is 0 Å². The van der Waals surface area contributed by atoms with Crippen LogP contribution in [0.2, 0.25) is 0 Å². The number of hydrogen-bond donors (Lipinski definition) is 2. The van der Waals surface area contributed by atoms with Gasteiger partial charge in [-0.2, -0.15) is 0 Å². The van der Waals surface area contributed by atoms with Gasteiger partial charge in [-0.05, 0) is 39.2 Å². The SMILES string of the molecule is CCOC1CC(NCC(C)CC(C)O)C1(C)C. The molecule has 1 fully saturated rings. The van der Waals surface area contributed by atoms with Crippen molar-refractivity contribution in [2.75, 3.05) is 13.2 Å². The van der Waals surface area contributed by atoms with Gasteiger partial charge < -0.3 is 15.2 Å². The summed E-state index contributed by atoms with van der Waals surface area (Å²) in [6.45, 7) is 12.4. The van der Waals surface area contributed by atoms with Crippen LogP contribution in [-0.2, 0) is 4.74 Å². The minimum Gasteiger partial charge on any atom is -0.393 e. The third kappa shape index (κ3) is 3.94. The molecule has 0 saturated heterocycles. The maximum absolute atomic E-state index is 9.33. The Morgan fingerprint density at radius 3 is 2.53 bits per heavy atom. The Labute approximate surface area is 106 Å². The molecule has 2 N–H and O–H groups in total. The van der Waals surface area contributed by atoms with Crippen LogP contribution in [0.15, 0.2) is 0 Å². The molecule has 0 aromatic rings. The zero-order chi connectivity index (χ0) is 13.1. The lowest BCUT2D eigenvalue weighted by Gasteiger charge is -2.52. The van der Waals surface area contributed by atoms with E-state index in [1.807, 2.05) is 6.92 Å². The topological polar surface area (TPSA) is 41.5 Å². The van der Waals surface area contributed by atoms with Gasteiger partial charge in [0.1, 0.15) is 0 Å². The molecule has 0 aromatic heterocycles. The van der Waals surface area contributed by atoms with Crippen LogP contribution in [0.25, 0.3) is 0 Å². The lowest BCUT2D eigenvalue weighted by Crippen LogP contribution is -2.61. The lowest BCUT2D eigenvalue weighted by atomic mass is 9.64. The minimum atomic E-state index is -0.197. The van der Waals surface area contributed by atoms with E-state index >= 15 is 0 Å². The zero-order valence-electron chi connectivity index (χ0n) is 12.0. The molecule has 3 nitrogen and oxygen atoms in total. The van der Waals surface area contributed by atoms with E-state index < -0.39 is 0 Å². The van der Waals surface area contributed by atoms with Crippen LogP contribution < -0.4 is 5.32 Å². The van der Waals surface area contributed by atoms with Crippen molar-refractivity contribution in [3.05, 3.63) is 0 Å². The van der Waals surface area contributed by atoms with Gasteiger partial charge in [-0.15, -0.1) is 0 Å². The fourth-order valence-electron chi connectivity index (χ4n) is 2.72. The summed E-state index contributed by atoms with van der Waals surface area (Å²) in [4.78, 5) is 0. The minimum absolute atomic E-state index is 0.197. The van der Waals surface area contributed by atoms with Gasteiger partial charge in [0.15, 0.2) is 0 Å². The molecule has 0 amide bonds. The first-order valence-corrected chi connectivity index (χ1v) is 6.91. The largest absolute Gasteiger partial charge is 0.393 e. The highest BCUT2D eigenvalue weighted by atomic mass is 16.5. The van der Waals surface area contributed by atoms with E-state index in [-0.39, 0.29) is 11.5 Å². The van der Waals surface area contributed by atoms with E-state index in [0.29, 0.717) is 18.1 Å². The summed E-state index contributed by atoms with van der Waals surface area (Å²) in [5.41, 5.74) is 0.237. The van der Waals surface area contributed by atoms with E-state index in [1.54, 1.807) is 0 Å². The number of hydrogen-bond acceptors (Lipinski definition) is 3. The third-order valence-electron chi connectivity index (χ3n) is 4.00. The van der Waals surface area contributed by atoms with Gasteiger partial charge in [-0.3, -0.25) is 0 Å². The molecule has 4 unspecified atom stereocenters. The molecule has 1 saturated carbocycles. The average Bonchev–Trinajstić information content (AvgIpc) is 2.21. The van der Waals surface area contributed by atoms with Crippen molar-refractivity contribution < 1.29 is 9.84 Å². The monoisotopic (exact) mass is 243 g/mol. The molecule has 17 heavy (non-hydrogen) atoms. The first-order valence-electron chi connectivity index (χ1n) is 6.91. The van der Waals surface area contributed by atoms with Gasteiger partial charge >= 0.3 is 0 Å². The van der Waals surface area contributed by atoms with Gasteiger partial charge in [0.2, 0.25) is 0 Å². The predicted molar refractivity (Wildman–Crippen MR) is 71.1 cm³/mol. The molecule has 0 bridgehead atoms. The number of nitrogens with one attached hydrogen (secondary N) is 1. The fraction of sp³-hybridized carbons (Fsp3) is 1.00. The fourth-order valence-corrected chi connectivity index (χ4v) is 2.72. The zero-order valence-corrected chi connectivity index (χ0v) is 12.0. The quantitative estimate of drug-likeness (QED) is 0.720. The number of ether oxygens (including phenoxy) is 1.